The van der Waals surface area contributed by atoms with Crippen molar-refractivity contribution in [1.29, 1.82) is 0 Å². The van der Waals surface area contributed by atoms with Crippen LogP contribution in [0, 0.1) is 12.7 Å². The highest BCUT2D eigenvalue weighted by Crippen LogP contribution is 2.23. The van der Waals surface area contributed by atoms with Gasteiger partial charge in [0.05, 0.1) is 13.2 Å². The molecule has 0 radical (unpaired) electrons. The highest BCUT2D eigenvalue weighted by Gasteiger charge is 2.13. The van der Waals surface area contributed by atoms with Gasteiger partial charge in [-0.05, 0) is 54.3 Å². The van der Waals surface area contributed by atoms with Crippen molar-refractivity contribution in [2.24, 2.45) is 5.84 Å². The number of hydrogen-bond acceptors (Lipinski definition) is 3. The van der Waals surface area contributed by atoms with Crippen LogP contribution in [0.1, 0.15) is 22.7 Å². The molecule has 0 aliphatic rings. The minimum absolute atomic E-state index is 0.0920. The van der Waals surface area contributed by atoms with Crippen LogP contribution in [0.3, 0.4) is 0 Å². The van der Waals surface area contributed by atoms with Crippen molar-refractivity contribution in [2.45, 2.75) is 19.4 Å². The van der Waals surface area contributed by atoms with E-state index in [4.69, 9.17) is 10.6 Å². The summed E-state index contributed by atoms with van der Waals surface area (Å²) < 4.78 is 18.6. The van der Waals surface area contributed by atoms with Gasteiger partial charge in [0.15, 0.2) is 0 Å². The van der Waals surface area contributed by atoms with Crippen molar-refractivity contribution in [2.75, 3.05) is 7.11 Å². The fourth-order valence-electron chi connectivity index (χ4n) is 2.21. The predicted molar refractivity (Wildman–Crippen MR) is 77.9 cm³/mol. The zero-order valence-corrected chi connectivity index (χ0v) is 11.7. The summed E-state index contributed by atoms with van der Waals surface area (Å²) in [6, 6.07) is 12.4. The maximum atomic E-state index is 13.4. The van der Waals surface area contributed by atoms with Gasteiger partial charge >= 0.3 is 0 Å². The summed E-state index contributed by atoms with van der Waals surface area (Å²) in [5.74, 6) is 6.19. The molecule has 1 atom stereocenters. The van der Waals surface area contributed by atoms with E-state index < -0.39 is 0 Å². The third-order valence-corrected chi connectivity index (χ3v) is 3.43. The number of methoxy groups -OCH3 is 1. The van der Waals surface area contributed by atoms with Gasteiger partial charge in [0.1, 0.15) is 11.6 Å². The van der Waals surface area contributed by atoms with Crippen LogP contribution in [0.15, 0.2) is 42.5 Å². The van der Waals surface area contributed by atoms with Crippen molar-refractivity contribution in [1.82, 2.24) is 5.43 Å². The van der Waals surface area contributed by atoms with E-state index in [1.54, 1.807) is 19.2 Å². The van der Waals surface area contributed by atoms with Gasteiger partial charge in [0.2, 0.25) is 0 Å². The molecule has 0 fully saturated rings. The average Bonchev–Trinajstić information content (AvgIpc) is 2.48. The van der Waals surface area contributed by atoms with Crippen LogP contribution in [0.5, 0.6) is 5.75 Å². The Morgan fingerprint density at radius 1 is 1.25 bits per heavy atom. The molecule has 106 valence electrons. The molecule has 0 saturated carbocycles. The number of rotatable bonds is 5. The number of halogens is 1. The second-order valence-corrected chi connectivity index (χ2v) is 4.77. The number of benzene rings is 2. The Balaban J connectivity index is 2.26. The monoisotopic (exact) mass is 274 g/mol. The topological polar surface area (TPSA) is 47.3 Å². The number of aryl methyl sites for hydroxylation is 1. The summed E-state index contributed by atoms with van der Waals surface area (Å²) in [7, 11) is 1.63. The van der Waals surface area contributed by atoms with Crippen molar-refractivity contribution in [3.63, 3.8) is 0 Å². The van der Waals surface area contributed by atoms with Gasteiger partial charge in [0.25, 0.3) is 0 Å². The molecule has 0 saturated heterocycles. The molecule has 0 aliphatic carbocycles. The van der Waals surface area contributed by atoms with Gasteiger partial charge in [-0.3, -0.25) is 11.3 Å². The van der Waals surface area contributed by atoms with Crippen LogP contribution in [-0.4, -0.2) is 7.11 Å². The Morgan fingerprint density at radius 3 is 2.75 bits per heavy atom. The van der Waals surface area contributed by atoms with E-state index in [0.717, 1.165) is 22.4 Å². The molecule has 0 amide bonds. The third-order valence-electron chi connectivity index (χ3n) is 3.43. The molecule has 20 heavy (non-hydrogen) atoms. The van der Waals surface area contributed by atoms with E-state index in [1.807, 2.05) is 31.2 Å². The highest BCUT2D eigenvalue weighted by atomic mass is 19.1. The Kier molecular flexibility index (Phi) is 4.71. The van der Waals surface area contributed by atoms with Crippen LogP contribution < -0.4 is 16.0 Å². The normalized spacial score (nSPS) is 12.2. The number of hydrogen-bond donors (Lipinski definition) is 2. The zero-order valence-electron chi connectivity index (χ0n) is 11.7. The van der Waals surface area contributed by atoms with E-state index in [1.165, 1.54) is 6.07 Å². The number of ether oxygens (including phenoxy) is 1. The minimum Gasteiger partial charge on any atom is -0.497 e. The molecule has 4 heteroatoms. The molecule has 0 aliphatic heterocycles. The average molecular weight is 274 g/mol. The third kappa shape index (κ3) is 3.35. The Morgan fingerprint density at radius 2 is 2.05 bits per heavy atom. The maximum absolute atomic E-state index is 13.4. The van der Waals surface area contributed by atoms with E-state index in [-0.39, 0.29) is 11.9 Å². The number of nitrogens with two attached hydrogens (primary N) is 1. The molecule has 0 spiro atoms. The molecule has 2 rings (SSSR count). The largest absolute Gasteiger partial charge is 0.497 e. The lowest BCUT2D eigenvalue weighted by Gasteiger charge is -2.18. The van der Waals surface area contributed by atoms with Crippen molar-refractivity contribution < 1.29 is 9.13 Å². The SMILES string of the molecule is COc1cccc(C(Cc2cc(F)ccc2C)NN)c1. The first kappa shape index (κ1) is 14.5. The van der Waals surface area contributed by atoms with Gasteiger partial charge < -0.3 is 4.74 Å². The minimum atomic E-state index is -0.230. The molecule has 2 aromatic rings. The molecule has 0 heterocycles. The van der Waals surface area contributed by atoms with Crippen LogP contribution >= 0.6 is 0 Å². The zero-order chi connectivity index (χ0) is 14.5. The van der Waals surface area contributed by atoms with Crippen LogP contribution in [-0.2, 0) is 6.42 Å². The lowest BCUT2D eigenvalue weighted by molar-refractivity contribution is 0.413. The second-order valence-electron chi connectivity index (χ2n) is 4.77. The molecule has 0 bridgehead atoms. The smallest absolute Gasteiger partial charge is 0.123 e. The Hall–Kier alpha value is -1.91. The molecule has 2 aromatic carbocycles. The first-order valence-corrected chi connectivity index (χ1v) is 6.49. The predicted octanol–water partition coefficient (Wildman–Crippen LogP) is 2.89. The summed E-state index contributed by atoms with van der Waals surface area (Å²) in [6.45, 7) is 1.97. The molecular formula is C16H19FN2O. The maximum Gasteiger partial charge on any atom is 0.123 e. The van der Waals surface area contributed by atoms with Crippen LogP contribution in [0.2, 0.25) is 0 Å². The van der Waals surface area contributed by atoms with Gasteiger partial charge in [0, 0.05) is 0 Å². The quantitative estimate of drug-likeness (QED) is 0.651. The summed E-state index contributed by atoms with van der Waals surface area (Å²) in [6.07, 6.45) is 0.618. The summed E-state index contributed by atoms with van der Waals surface area (Å²) in [5, 5.41) is 0. The molecule has 0 aromatic heterocycles. The summed E-state index contributed by atoms with van der Waals surface area (Å²) in [5.41, 5.74) is 5.79. The lowest BCUT2D eigenvalue weighted by atomic mass is 9.96. The molecule has 1 unspecified atom stereocenters. The van der Waals surface area contributed by atoms with Gasteiger partial charge in [-0.1, -0.05) is 18.2 Å². The van der Waals surface area contributed by atoms with Crippen LogP contribution in [0.4, 0.5) is 4.39 Å². The molecule has 3 nitrogen and oxygen atoms in total. The fourth-order valence-corrected chi connectivity index (χ4v) is 2.21. The van der Waals surface area contributed by atoms with E-state index in [9.17, 15) is 4.39 Å². The first-order valence-electron chi connectivity index (χ1n) is 6.49. The Bertz CT molecular complexity index is 586. The van der Waals surface area contributed by atoms with E-state index in [0.29, 0.717) is 6.42 Å². The Labute approximate surface area is 118 Å². The van der Waals surface area contributed by atoms with E-state index in [2.05, 4.69) is 5.43 Å². The fraction of sp³-hybridized carbons (Fsp3) is 0.250. The number of nitrogens with one attached hydrogen (secondary N) is 1. The summed E-state index contributed by atoms with van der Waals surface area (Å²) >= 11 is 0. The first-order chi connectivity index (χ1) is 9.63. The second kappa shape index (κ2) is 6.50. The number of hydrazine groups is 1. The van der Waals surface area contributed by atoms with Crippen molar-refractivity contribution in [3.8, 4) is 5.75 Å². The molecular weight excluding hydrogens is 255 g/mol. The van der Waals surface area contributed by atoms with Crippen LogP contribution in [0.25, 0.3) is 0 Å². The highest BCUT2D eigenvalue weighted by molar-refractivity contribution is 5.33. The summed E-state index contributed by atoms with van der Waals surface area (Å²) in [4.78, 5) is 0. The van der Waals surface area contributed by atoms with E-state index >= 15 is 0 Å². The van der Waals surface area contributed by atoms with Gasteiger partial charge in [-0.25, -0.2) is 4.39 Å². The van der Waals surface area contributed by atoms with Crippen molar-refractivity contribution >= 4 is 0 Å². The standard InChI is InChI=1S/C16H19FN2O/c1-11-6-7-14(17)8-13(11)10-16(19-18)12-4-3-5-15(9-12)20-2/h3-9,16,19H,10,18H2,1-2H3. The van der Waals surface area contributed by atoms with Crippen molar-refractivity contribution in [3.05, 3.63) is 65.0 Å². The van der Waals surface area contributed by atoms with Gasteiger partial charge in [-0.2, -0.15) is 0 Å². The lowest BCUT2D eigenvalue weighted by Crippen LogP contribution is -2.29. The van der Waals surface area contributed by atoms with Gasteiger partial charge in [-0.15, -0.1) is 0 Å². The molecule has 3 N–H and O–H groups in total.